The third kappa shape index (κ3) is 3.76. The molecule has 0 fully saturated rings. The molecule has 6 heteroatoms. The Kier molecular flexibility index (Phi) is 5.77. The average molecular weight is 316 g/mol. The lowest BCUT2D eigenvalue weighted by atomic mass is 10.2. The monoisotopic (exact) mass is 316 g/mol. The SMILES string of the molecule is C=CCn1c(S[C@H](C)C(=O)NCC)nnc1-c1ccccc1. The third-order valence-corrected chi connectivity index (χ3v) is 4.14. The zero-order valence-electron chi connectivity index (χ0n) is 12.8. The van der Waals surface area contributed by atoms with E-state index in [-0.39, 0.29) is 11.2 Å². The van der Waals surface area contributed by atoms with Gasteiger partial charge >= 0.3 is 0 Å². The summed E-state index contributed by atoms with van der Waals surface area (Å²) in [6.07, 6.45) is 1.80. The Morgan fingerprint density at radius 2 is 2.14 bits per heavy atom. The maximum atomic E-state index is 11.9. The lowest BCUT2D eigenvalue weighted by Gasteiger charge is -2.12. The van der Waals surface area contributed by atoms with Gasteiger partial charge < -0.3 is 5.32 Å². The highest BCUT2D eigenvalue weighted by atomic mass is 32.2. The lowest BCUT2D eigenvalue weighted by molar-refractivity contribution is -0.120. The van der Waals surface area contributed by atoms with Crippen molar-refractivity contribution in [2.75, 3.05) is 6.54 Å². The molecule has 1 aromatic carbocycles. The molecule has 0 spiro atoms. The van der Waals surface area contributed by atoms with Crippen molar-refractivity contribution in [1.29, 1.82) is 0 Å². The van der Waals surface area contributed by atoms with E-state index < -0.39 is 0 Å². The molecule has 0 radical (unpaired) electrons. The molecule has 1 heterocycles. The maximum absolute atomic E-state index is 11.9. The number of hydrogen-bond acceptors (Lipinski definition) is 4. The van der Waals surface area contributed by atoms with E-state index in [9.17, 15) is 4.79 Å². The first-order valence-corrected chi connectivity index (χ1v) is 8.09. The van der Waals surface area contributed by atoms with Crippen LogP contribution in [0.15, 0.2) is 48.1 Å². The summed E-state index contributed by atoms with van der Waals surface area (Å²) < 4.78 is 1.97. The van der Waals surface area contributed by atoms with Gasteiger partial charge in [0.05, 0.1) is 5.25 Å². The number of allylic oxidation sites excluding steroid dienone is 1. The summed E-state index contributed by atoms with van der Waals surface area (Å²) in [5, 5.41) is 11.8. The normalized spacial score (nSPS) is 11.9. The van der Waals surface area contributed by atoms with Crippen LogP contribution in [0.5, 0.6) is 0 Å². The first-order chi connectivity index (χ1) is 10.7. The zero-order chi connectivity index (χ0) is 15.9. The van der Waals surface area contributed by atoms with Crippen LogP contribution >= 0.6 is 11.8 Å². The van der Waals surface area contributed by atoms with Gasteiger partial charge in [-0.1, -0.05) is 48.2 Å². The van der Waals surface area contributed by atoms with Crippen molar-refractivity contribution in [2.24, 2.45) is 0 Å². The van der Waals surface area contributed by atoms with Gasteiger partial charge in [-0.2, -0.15) is 0 Å². The molecule has 0 aliphatic carbocycles. The van der Waals surface area contributed by atoms with E-state index in [4.69, 9.17) is 0 Å². The number of hydrogen-bond donors (Lipinski definition) is 1. The van der Waals surface area contributed by atoms with Crippen LogP contribution in [-0.4, -0.2) is 32.5 Å². The van der Waals surface area contributed by atoms with Gasteiger partial charge in [0, 0.05) is 18.7 Å². The summed E-state index contributed by atoms with van der Waals surface area (Å²) in [6, 6.07) is 9.87. The molecule has 5 nitrogen and oxygen atoms in total. The second kappa shape index (κ2) is 7.79. The standard InChI is InChI=1S/C16H20N4OS/c1-4-11-20-14(13-9-7-6-8-10-13)18-19-16(20)22-12(3)15(21)17-5-2/h4,6-10,12H,1,5,11H2,2-3H3,(H,17,21)/t12-/m1/s1. The Labute approximate surface area is 134 Å². The number of rotatable bonds is 7. The highest BCUT2D eigenvalue weighted by Crippen LogP contribution is 2.26. The van der Waals surface area contributed by atoms with E-state index in [1.54, 1.807) is 6.08 Å². The molecule has 0 aliphatic rings. The Bertz CT molecular complexity index is 639. The minimum Gasteiger partial charge on any atom is -0.355 e. The first kappa shape index (κ1) is 16.3. The number of nitrogens with one attached hydrogen (secondary N) is 1. The van der Waals surface area contributed by atoms with Crippen LogP contribution in [0.2, 0.25) is 0 Å². The van der Waals surface area contributed by atoms with Crippen molar-refractivity contribution in [3.63, 3.8) is 0 Å². The van der Waals surface area contributed by atoms with E-state index >= 15 is 0 Å². The van der Waals surface area contributed by atoms with Crippen molar-refractivity contribution in [3.8, 4) is 11.4 Å². The molecule has 1 atom stereocenters. The van der Waals surface area contributed by atoms with E-state index in [2.05, 4.69) is 22.1 Å². The largest absolute Gasteiger partial charge is 0.355 e. The van der Waals surface area contributed by atoms with Gasteiger partial charge in [0.15, 0.2) is 11.0 Å². The van der Waals surface area contributed by atoms with Crippen molar-refractivity contribution in [3.05, 3.63) is 43.0 Å². The number of aromatic nitrogens is 3. The number of carbonyl (C=O) groups is 1. The molecule has 0 saturated carbocycles. The Balaban J connectivity index is 2.27. The molecule has 0 bridgehead atoms. The van der Waals surface area contributed by atoms with Gasteiger partial charge in [0.2, 0.25) is 5.91 Å². The minimum atomic E-state index is -0.226. The first-order valence-electron chi connectivity index (χ1n) is 7.21. The summed E-state index contributed by atoms with van der Waals surface area (Å²) in [4.78, 5) is 11.9. The zero-order valence-corrected chi connectivity index (χ0v) is 13.6. The fourth-order valence-corrected chi connectivity index (χ4v) is 2.88. The van der Waals surface area contributed by atoms with Gasteiger partial charge in [-0.15, -0.1) is 16.8 Å². The van der Waals surface area contributed by atoms with Crippen LogP contribution in [-0.2, 0) is 11.3 Å². The van der Waals surface area contributed by atoms with Gasteiger partial charge in [-0.05, 0) is 13.8 Å². The Morgan fingerprint density at radius 3 is 2.77 bits per heavy atom. The molecule has 0 unspecified atom stereocenters. The third-order valence-electron chi connectivity index (χ3n) is 3.06. The molecule has 0 saturated heterocycles. The van der Waals surface area contributed by atoms with Crippen LogP contribution in [0.3, 0.4) is 0 Å². The van der Waals surface area contributed by atoms with E-state index in [0.717, 1.165) is 16.5 Å². The van der Waals surface area contributed by atoms with Crippen LogP contribution in [0.25, 0.3) is 11.4 Å². The number of amides is 1. The number of carbonyl (C=O) groups excluding carboxylic acids is 1. The minimum absolute atomic E-state index is 0.00177. The molecule has 1 amide bonds. The van der Waals surface area contributed by atoms with Crippen molar-refractivity contribution >= 4 is 17.7 Å². The molecule has 2 aromatic rings. The fourth-order valence-electron chi connectivity index (χ4n) is 2.00. The summed E-state index contributed by atoms with van der Waals surface area (Å²) >= 11 is 1.40. The molecule has 2 rings (SSSR count). The van der Waals surface area contributed by atoms with Crippen LogP contribution in [0.4, 0.5) is 0 Å². The van der Waals surface area contributed by atoms with Crippen molar-refractivity contribution in [1.82, 2.24) is 20.1 Å². The highest BCUT2D eigenvalue weighted by molar-refractivity contribution is 8.00. The maximum Gasteiger partial charge on any atom is 0.233 e. The molecule has 116 valence electrons. The quantitative estimate of drug-likeness (QED) is 0.630. The van der Waals surface area contributed by atoms with Gasteiger partial charge in [0.25, 0.3) is 0 Å². The van der Waals surface area contributed by atoms with Crippen LogP contribution < -0.4 is 5.32 Å². The summed E-state index contributed by atoms with van der Waals surface area (Å²) in [6.45, 7) is 8.78. The average Bonchev–Trinajstić information content (AvgIpc) is 2.91. The second-order valence-corrected chi connectivity index (χ2v) is 6.03. The van der Waals surface area contributed by atoms with Crippen molar-refractivity contribution in [2.45, 2.75) is 30.8 Å². The number of nitrogens with zero attached hydrogens (tertiary/aromatic N) is 3. The van der Waals surface area contributed by atoms with Gasteiger partial charge in [0.1, 0.15) is 0 Å². The molecule has 0 aliphatic heterocycles. The number of benzene rings is 1. The van der Waals surface area contributed by atoms with E-state index in [0.29, 0.717) is 13.1 Å². The smallest absolute Gasteiger partial charge is 0.233 e. The van der Waals surface area contributed by atoms with Gasteiger partial charge in [-0.25, -0.2) is 0 Å². The van der Waals surface area contributed by atoms with E-state index in [1.807, 2.05) is 48.7 Å². The Hall–Kier alpha value is -2.08. The molecule has 22 heavy (non-hydrogen) atoms. The molecular formula is C16H20N4OS. The van der Waals surface area contributed by atoms with Crippen LogP contribution in [0.1, 0.15) is 13.8 Å². The van der Waals surface area contributed by atoms with Gasteiger partial charge in [-0.3, -0.25) is 9.36 Å². The summed E-state index contributed by atoms with van der Waals surface area (Å²) in [5.74, 6) is 0.785. The molecule has 1 aromatic heterocycles. The Morgan fingerprint density at radius 1 is 1.41 bits per heavy atom. The lowest BCUT2D eigenvalue weighted by Crippen LogP contribution is -2.30. The second-order valence-electron chi connectivity index (χ2n) is 4.73. The van der Waals surface area contributed by atoms with Crippen molar-refractivity contribution < 1.29 is 4.79 Å². The number of thioether (sulfide) groups is 1. The molecule has 1 N–H and O–H groups in total. The predicted molar refractivity (Wildman–Crippen MR) is 89.7 cm³/mol. The molecular weight excluding hydrogens is 296 g/mol. The highest BCUT2D eigenvalue weighted by Gasteiger charge is 2.19. The summed E-state index contributed by atoms with van der Waals surface area (Å²) in [7, 11) is 0. The van der Waals surface area contributed by atoms with E-state index in [1.165, 1.54) is 11.8 Å². The topological polar surface area (TPSA) is 59.8 Å². The predicted octanol–water partition coefficient (Wildman–Crippen LogP) is 2.75. The van der Waals surface area contributed by atoms with Crippen LogP contribution in [0, 0.1) is 0 Å². The fraction of sp³-hybridized carbons (Fsp3) is 0.312. The summed E-state index contributed by atoms with van der Waals surface area (Å²) in [5.41, 5.74) is 0.995.